The maximum atomic E-state index is 8.74. The highest BCUT2D eigenvalue weighted by Crippen LogP contribution is 2.33. The van der Waals surface area contributed by atoms with Crippen molar-refractivity contribution in [2.75, 3.05) is 18.9 Å². The highest BCUT2D eigenvalue weighted by Gasteiger charge is 2.21. The summed E-state index contributed by atoms with van der Waals surface area (Å²) in [5, 5.41) is 8.74. The summed E-state index contributed by atoms with van der Waals surface area (Å²) in [5.41, 5.74) is 6.96. The topological polar surface area (TPSA) is 77.5 Å². The molecule has 0 amide bonds. The molecule has 1 aliphatic rings. The first kappa shape index (κ1) is 13.1. The normalized spacial score (nSPS) is 16.0. The van der Waals surface area contributed by atoms with Crippen LogP contribution in [0, 0.1) is 11.3 Å². The molecule has 0 saturated carbocycles. The predicted molar refractivity (Wildman–Crippen MR) is 77.4 cm³/mol. The number of nitrogens with zero attached hydrogens (tertiary/aromatic N) is 1. The van der Waals surface area contributed by atoms with Crippen molar-refractivity contribution < 1.29 is 14.2 Å². The summed E-state index contributed by atoms with van der Waals surface area (Å²) < 4.78 is 17.1. The van der Waals surface area contributed by atoms with Gasteiger partial charge in [-0.25, -0.2) is 0 Å². The Kier molecular flexibility index (Phi) is 3.52. The van der Waals surface area contributed by atoms with Gasteiger partial charge in [0, 0.05) is 11.8 Å². The number of rotatable bonds is 3. The highest BCUT2D eigenvalue weighted by molar-refractivity contribution is 5.52. The molecule has 2 N–H and O–H groups in total. The number of ether oxygens (including phenoxy) is 3. The van der Waals surface area contributed by atoms with Gasteiger partial charge in [0.15, 0.2) is 17.6 Å². The Morgan fingerprint density at radius 1 is 1.19 bits per heavy atom. The lowest BCUT2D eigenvalue weighted by atomic mass is 10.2. The maximum Gasteiger partial charge on any atom is 0.166 e. The number of nitriles is 1. The summed E-state index contributed by atoms with van der Waals surface area (Å²) in [7, 11) is 0. The zero-order valence-electron chi connectivity index (χ0n) is 11.3. The molecule has 2 aromatic carbocycles. The molecule has 106 valence electrons. The average molecular weight is 282 g/mol. The quantitative estimate of drug-likeness (QED) is 0.874. The second kappa shape index (κ2) is 5.63. The van der Waals surface area contributed by atoms with Gasteiger partial charge in [-0.1, -0.05) is 0 Å². The smallest absolute Gasteiger partial charge is 0.166 e. The van der Waals surface area contributed by atoms with Crippen LogP contribution in [-0.2, 0) is 0 Å². The molecule has 21 heavy (non-hydrogen) atoms. The molecule has 0 unspecified atom stereocenters. The Labute approximate surface area is 122 Å². The lowest BCUT2D eigenvalue weighted by Crippen LogP contribution is -2.34. The SMILES string of the molecule is N#Cc1ccc(OC[C@@H]2COc3ccc(N)cc3O2)cc1. The summed E-state index contributed by atoms with van der Waals surface area (Å²) in [6.45, 7) is 0.785. The zero-order valence-corrected chi connectivity index (χ0v) is 11.3. The molecule has 0 fully saturated rings. The predicted octanol–water partition coefficient (Wildman–Crippen LogP) is 2.36. The van der Waals surface area contributed by atoms with Crippen LogP contribution in [-0.4, -0.2) is 19.3 Å². The number of nitrogen functional groups attached to an aromatic ring is 1. The number of nitrogens with two attached hydrogens (primary N) is 1. The molecule has 0 radical (unpaired) electrons. The van der Waals surface area contributed by atoms with Crippen LogP contribution in [0.1, 0.15) is 5.56 Å². The van der Waals surface area contributed by atoms with Gasteiger partial charge in [0.05, 0.1) is 11.6 Å². The van der Waals surface area contributed by atoms with Crippen molar-refractivity contribution in [3.8, 4) is 23.3 Å². The van der Waals surface area contributed by atoms with E-state index in [-0.39, 0.29) is 6.10 Å². The Hall–Kier alpha value is -2.87. The monoisotopic (exact) mass is 282 g/mol. The van der Waals surface area contributed by atoms with Gasteiger partial charge in [0.25, 0.3) is 0 Å². The number of hydrogen-bond donors (Lipinski definition) is 1. The van der Waals surface area contributed by atoms with Gasteiger partial charge in [-0.3, -0.25) is 0 Å². The van der Waals surface area contributed by atoms with Crippen LogP contribution in [0.2, 0.25) is 0 Å². The minimum absolute atomic E-state index is 0.199. The first-order chi connectivity index (χ1) is 10.2. The summed E-state index contributed by atoms with van der Waals surface area (Å²) in [5.74, 6) is 2.02. The third-order valence-corrected chi connectivity index (χ3v) is 3.11. The van der Waals surface area contributed by atoms with E-state index in [0.717, 1.165) is 0 Å². The molecule has 5 heteroatoms. The Balaban J connectivity index is 1.60. The minimum Gasteiger partial charge on any atom is -0.490 e. The molecule has 0 saturated heterocycles. The van der Waals surface area contributed by atoms with Gasteiger partial charge in [-0.2, -0.15) is 5.26 Å². The van der Waals surface area contributed by atoms with Gasteiger partial charge in [0.1, 0.15) is 19.0 Å². The van der Waals surface area contributed by atoms with E-state index >= 15 is 0 Å². The number of hydrogen-bond acceptors (Lipinski definition) is 5. The average Bonchev–Trinajstić information content (AvgIpc) is 2.53. The minimum atomic E-state index is -0.199. The van der Waals surface area contributed by atoms with E-state index in [1.165, 1.54) is 0 Å². The summed E-state index contributed by atoms with van der Waals surface area (Å²) in [6.07, 6.45) is -0.199. The van der Waals surface area contributed by atoms with Crippen LogP contribution in [0.25, 0.3) is 0 Å². The second-order valence-electron chi connectivity index (χ2n) is 4.70. The molecule has 1 heterocycles. The largest absolute Gasteiger partial charge is 0.490 e. The Bertz CT molecular complexity index is 677. The molecule has 3 rings (SSSR count). The van der Waals surface area contributed by atoms with Crippen molar-refractivity contribution in [2.45, 2.75) is 6.10 Å². The molecule has 1 aliphatic heterocycles. The van der Waals surface area contributed by atoms with Crippen LogP contribution < -0.4 is 19.9 Å². The lowest BCUT2D eigenvalue weighted by Gasteiger charge is -2.26. The molecule has 0 aromatic heterocycles. The van der Waals surface area contributed by atoms with E-state index in [1.807, 2.05) is 0 Å². The molecule has 2 aromatic rings. The Morgan fingerprint density at radius 2 is 2.00 bits per heavy atom. The fourth-order valence-electron chi connectivity index (χ4n) is 2.03. The number of benzene rings is 2. The summed E-state index contributed by atoms with van der Waals surface area (Å²) in [6, 6.07) is 14.3. The van der Waals surface area contributed by atoms with Crippen molar-refractivity contribution in [1.29, 1.82) is 5.26 Å². The van der Waals surface area contributed by atoms with Crippen LogP contribution in [0.3, 0.4) is 0 Å². The van der Waals surface area contributed by atoms with Gasteiger partial charge >= 0.3 is 0 Å². The van der Waals surface area contributed by atoms with Crippen molar-refractivity contribution in [3.05, 3.63) is 48.0 Å². The van der Waals surface area contributed by atoms with Gasteiger partial charge < -0.3 is 19.9 Å². The zero-order chi connectivity index (χ0) is 14.7. The first-order valence-corrected chi connectivity index (χ1v) is 6.56. The number of fused-ring (bicyclic) bond motifs is 1. The van der Waals surface area contributed by atoms with E-state index < -0.39 is 0 Å². The third-order valence-electron chi connectivity index (χ3n) is 3.11. The van der Waals surface area contributed by atoms with E-state index in [4.69, 9.17) is 25.2 Å². The fourth-order valence-corrected chi connectivity index (χ4v) is 2.03. The second-order valence-corrected chi connectivity index (χ2v) is 4.70. The Morgan fingerprint density at radius 3 is 2.76 bits per heavy atom. The standard InChI is InChI=1S/C16H14N2O3/c17-8-11-1-4-13(5-2-11)19-9-14-10-20-15-6-3-12(18)7-16(15)21-14/h1-7,14H,9-10,18H2/t14-/m1/s1. The van der Waals surface area contributed by atoms with Crippen molar-refractivity contribution in [1.82, 2.24) is 0 Å². The van der Waals surface area contributed by atoms with Crippen molar-refractivity contribution in [2.24, 2.45) is 0 Å². The summed E-state index contributed by atoms with van der Waals surface area (Å²) >= 11 is 0. The number of anilines is 1. The molecule has 5 nitrogen and oxygen atoms in total. The van der Waals surface area contributed by atoms with Gasteiger partial charge in [-0.15, -0.1) is 0 Å². The summed E-state index contributed by atoms with van der Waals surface area (Å²) in [4.78, 5) is 0. The van der Waals surface area contributed by atoms with E-state index in [2.05, 4.69) is 6.07 Å². The molecule has 0 bridgehead atoms. The highest BCUT2D eigenvalue weighted by atomic mass is 16.6. The first-order valence-electron chi connectivity index (χ1n) is 6.56. The maximum absolute atomic E-state index is 8.74. The molecule has 0 spiro atoms. The molecular formula is C16H14N2O3. The van der Waals surface area contributed by atoms with Crippen molar-refractivity contribution >= 4 is 5.69 Å². The van der Waals surface area contributed by atoms with E-state index in [0.29, 0.717) is 41.7 Å². The van der Waals surface area contributed by atoms with Crippen LogP contribution in [0.4, 0.5) is 5.69 Å². The van der Waals surface area contributed by atoms with Crippen LogP contribution in [0.5, 0.6) is 17.2 Å². The molecule has 1 atom stereocenters. The lowest BCUT2D eigenvalue weighted by molar-refractivity contribution is 0.0536. The fraction of sp³-hybridized carbons (Fsp3) is 0.188. The van der Waals surface area contributed by atoms with E-state index in [1.54, 1.807) is 42.5 Å². The van der Waals surface area contributed by atoms with Gasteiger partial charge in [-0.05, 0) is 36.4 Å². The van der Waals surface area contributed by atoms with Crippen LogP contribution >= 0.6 is 0 Å². The van der Waals surface area contributed by atoms with Crippen LogP contribution in [0.15, 0.2) is 42.5 Å². The molecular weight excluding hydrogens is 268 g/mol. The van der Waals surface area contributed by atoms with E-state index in [9.17, 15) is 0 Å². The van der Waals surface area contributed by atoms with Crippen molar-refractivity contribution in [3.63, 3.8) is 0 Å². The molecule has 0 aliphatic carbocycles. The van der Waals surface area contributed by atoms with Gasteiger partial charge in [0.2, 0.25) is 0 Å². The third kappa shape index (κ3) is 3.00.